The van der Waals surface area contributed by atoms with Gasteiger partial charge in [-0.3, -0.25) is 4.90 Å². The summed E-state index contributed by atoms with van der Waals surface area (Å²) in [5.41, 5.74) is 0.951. The molecule has 0 bridgehead atoms. The first-order valence-corrected chi connectivity index (χ1v) is 6.48. The molecular weight excluding hydrogens is 269 g/mol. The van der Waals surface area contributed by atoms with Gasteiger partial charge in [0.05, 0.1) is 6.54 Å². The van der Waals surface area contributed by atoms with Crippen LogP contribution in [0.15, 0.2) is 34.7 Å². The van der Waals surface area contributed by atoms with Crippen molar-refractivity contribution in [2.24, 2.45) is 0 Å². The van der Waals surface area contributed by atoms with Gasteiger partial charge in [-0.25, -0.2) is 0 Å². The molecule has 2 nitrogen and oxygen atoms in total. The lowest BCUT2D eigenvalue weighted by molar-refractivity contribution is 0.285. The fourth-order valence-corrected chi connectivity index (χ4v) is 2.36. The minimum absolute atomic E-state index is 0.693. The Morgan fingerprint density at radius 2 is 1.72 bits per heavy atom. The third kappa shape index (κ3) is 3.29. The van der Waals surface area contributed by atoms with E-state index in [0.29, 0.717) is 16.6 Å². The molecule has 0 spiro atoms. The molecule has 2 aromatic rings. The van der Waals surface area contributed by atoms with Crippen LogP contribution in [0.4, 0.5) is 0 Å². The second-order valence-electron chi connectivity index (χ2n) is 4.38. The van der Waals surface area contributed by atoms with E-state index >= 15 is 0 Å². The zero-order valence-corrected chi connectivity index (χ0v) is 11.9. The molecule has 1 heterocycles. The van der Waals surface area contributed by atoms with Crippen molar-refractivity contribution in [1.82, 2.24) is 4.90 Å². The first kappa shape index (κ1) is 13.5. The average molecular weight is 284 g/mol. The highest BCUT2D eigenvalue weighted by molar-refractivity contribution is 6.35. The van der Waals surface area contributed by atoms with Gasteiger partial charge in [0.25, 0.3) is 0 Å². The minimum atomic E-state index is 0.693. The highest BCUT2D eigenvalue weighted by Crippen LogP contribution is 2.25. The number of hydrogen-bond donors (Lipinski definition) is 0. The van der Waals surface area contributed by atoms with E-state index in [0.717, 1.165) is 23.6 Å². The van der Waals surface area contributed by atoms with Crippen molar-refractivity contribution in [3.8, 4) is 0 Å². The predicted octanol–water partition coefficient (Wildman–Crippen LogP) is 4.53. The van der Waals surface area contributed by atoms with Crippen LogP contribution in [0.1, 0.15) is 17.1 Å². The Balaban J connectivity index is 2.05. The molecule has 1 aromatic heterocycles. The molecule has 0 saturated carbocycles. The van der Waals surface area contributed by atoms with Crippen LogP contribution in [0.25, 0.3) is 0 Å². The smallest absolute Gasteiger partial charge is 0.118 e. The number of hydrogen-bond acceptors (Lipinski definition) is 2. The van der Waals surface area contributed by atoms with Crippen LogP contribution in [0.2, 0.25) is 10.0 Å². The molecule has 18 heavy (non-hydrogen) atoms. The molecule has 0 fully saturated rings. The highest BCUT2D eigenvalue weighted by atomic mass is 35.5. The maximum Gasteiger partial charge on any atom is 0.118 e. The molecule has 0 aliphatic carbocycles. The van der Waals surface area contributed by atoms with Gasteiger partial charge in [-0.2, -0.15) is 0 Å². The minimum Gasteiger partial charge on any atom is -0.465 e. The summed E-state index contributed by atoms with van der Waals surface area (Å²) in [5, 5.41) is 1.40. The Morgan fingerprint density at radius 1 is 1.06 bits per heavy atom. The fourth-order valence-electron chi connectivity index (χ4n) is 1.85. The van der Waals surface area contributed by atoms with E-state index in [2.05, 4.69) is 4.90 Å². The van der Waals surface area contributed by atoms with Crippen LogP contribution in [0, 0.1) is 6.92 Å². The molecule has 96 valence electrons. The van der Waals surface area contributed by atoms with Crippen molar-refractivity contribution in [3.63, 3.8) is 0 Å². The summed E-state index contributed by atoms with van der Waals surface area (Å²) in [6, 6.07) is 9.51. The van der Waals surface area contributed by atoms with E-state index in [1.807, 2.05) is 44.3 Å². The number of halogens is 2. The molecule has 0 aliphatic rings. The summed E-state index contributed by atoms with van der Waals surface area (Å²) in [6.45, 7) is 3.36. The van der Waals surface area contributed by atoms with Gasteiger partial charge < -0.3 is 4.42 Å². The number of benzene rings is 1. The van der Waals surface area contributed by atoms with Crippen LogP contribution in [0.5, 0.6) is 0 Å². The van der Waals surface area contributed by atoms with Crippen LogP contribution < -0.4 is 0 Å². The Morgan fingerprint density at radius 3 is 2.28 bits per heavy atom. The van der Waals surface area contributed by atoms with Crippen molar-refractivity contribution in [3.05, 3.63) is 57.5 Å². The molecule has 0 amide bonds. The van der Waals surface area contributed by atoms with Gasteiger partial charge >= 0.3 is 0 Å². The van der Waals surface area contributed by atoms with Crippen molar-refractivity contribution in [1.29, 1.82) is 0 Å². The van der Waals surface area contributed by atoms with Crippen molar-refractivity contribution >= 4 is 23.2 Å². The zero-order chi connectivity index (χ0) is 13.1. The molecule has 0 N–H and O–H groups in total. The summed E-state index contributed by atoms with van der Waals surface area (Å²) >= 11 is 12.3. The Hall–Kier alpha value is -0.960. The molecule has 0 atom stereocenters. The lowest BCUT2D eigenvalue weighted by Gasteiger charge is -2.17. The quantitative estimate of drug-likeness (QED) is 0.820. The second-order valence-corrected chi connectivity index (χ2v) is 5.20. The van der Waals surface area contributed by atoms with E-state index in [1.54, 1.807) is 0 Å². The van der Waals surface area contributed by atoms with Gasteiger partial charge in [0, 0.05) is 22.2 Å². The van der Waals surface area contributed by atoms with Gasteiger partial charge in [-0.05, 0) is 38.2 Å². The van der Waals surface area contributed by atoms with Crippen LogP contribution in [-0.4, -0.2) is 11.9 Å². The highest BCUT2D eigenvalue weighted by Gasteiger charge is 2.10. The van der Waals surface area contributed by atoms with Crippen molar-refractivity contribution in [2.75, 3.05) is 7.05 Å². The second kappa shape index (κ2) is 5.79. The molecule has 0 radical (unpaired) electrons. The predicted molar refractivity (Wildman–Crippen MR) is 75.1 cm³/mol. The van der Waals surface area contributed by atoms with Gasteiger partial charge in [-0.15, -0.1) is 0 Å². The third-order valence-electron chi connectivity index (χ3n) is 2.71. The Kier molecular flexibility index (Phi) is 4.33. The molecule has 1 aromatic carbocycles. The normalized spacial score (nSPS) is 11.2. The van der Waals surface area contributed by atoms with Gasteiger partial charge in [0.15, 0.2) is 0 Å². The Labute approximate surface area is 117 Å². The first-order valence-electron chi connectivity index (χ1n) is 5.73. The summed E-state index contributed by atoms with van der Waals surface area (Å²) in [7, 11) is 2.01. The van der Waals surface area contributed by atoms with Crippen LogP contribution in [-0.2, 0) is 13.1 Å². The van der Waals surface area contributed by atoms with E-state index in [4.69, 9.17) is 27.6 Å². The molecule has 0 aliphatic heterocycles. The standard InChI is InChI=1S/C14H15Cl2NO/c1-10-6-7-11(18-10)8-17(2)9-12-13(15)4-3-5-14(12)16/h3-7H,8-9H2,1-2H3. The van der Waals surface area contributed by atoms with E-state index in [9.17, 15) is 0 Å². The maximum absolute atomic E-state index is 6.15. The van der Waals surface area contributed by atoms with Gasteiger partial charge in [0.2, 0.25) is 0 Å². The fraction of sp³-hybridized carbons (Fsp3) is 0.286. The Bertz CT molecular complexity index is 516. The first-order chi connectivity index (χ1) is 8.56. The summed E-state index contributed by atoms with van der Waals surface area (Å²) in [4.78, 5) is 2.12. The molecular formula is C14H15Cl2NO. The van der Waals surface area contributed by atoms with Crippen LogP contribution in [0.3, 0.4) is 0 Å². The average Bonchev–Trinajstić information content (AvgIpc) is 2.69. The van der Waals surface area contributed by atoms with Gasteiger partial charge in [0.1, 0.15) is 11.5 Å². The maximum atomic E-state index is 6.15. The van der Waals surface area contributed by atoms with Crippen molar-refractivity contribution < 1.29 is 4.42 Å². The molecule has 2 rings (SSSR count). The van der Waals surface area contributed by atoms with Crippen LogP contribution >= 0.6 is 23.2 Å². The number of nitrogens with zero attached hydrogens (tertiary/aromatic N) is 1. The third-order valence-corrected chi connectivity index (χ3v) is 3.42. The molecule has 0 unspecified atom stereocenters. The summed E-state index contributed by atoms with van der Waals surface area (Å²) < 4.78 is 5.54. The summed E-state index contributed by atoms with van der Waals surface area (Å²) in [6.07, 6.45) is 0. The zero-order valence-electron chi connectivity index (χ0n) is 10.4. The van der Waals surface area contributed by atoms with Gasteiger partial charge in [-0.1, -0.05) is 29.3 Å². The van der Waals surface area contributed by atoms with E-state index in [-0.39, 0.29) is 0 Å². The monoisotopic (exact) mass is 283 g/mol. The number of rotatable bonds is 4. The topological polar surface area (TPSA) is 16.4 Å². The lowest BCUT2D eigenvalue weighted by Crippen LogP contribution is -2.17. The van der Waals surface area contributed by atoms with Crippen molar-refractivity contribution in [2.45, 2.75) is 20.0 Å². The molecule has 0 saturated heterocycles. The number of furan rings is 1. The van der Waals surface area contributed by atoms with E-state index in [1.165, 1.54) is 0 Å². The SMILES string of the molecule is Cc1ccc(CN(C)Cc2c(Cl)cccc2Cl)o1. The molecule has 4 heteroatoms. The largest absolute Gasteiger partial charge is 0.465 e. The lowest BCUT2D eigenvalue weighted by atomic mass is 10.2. The van der Waals surface area contributed by atoms with E-state index < -0.39 is 0 Å². The summed E-state index contributed by atoms with van der Waals surface area (Å²) in [5.74, 6) is 1.87. The number of aryl methyl sites for hydroxylation is 1.